The normalized spacial score (nSPS) is 18.1. The number of ether oxygens (including phenoxy) is 2. The third-order valence-corrected chi connectivity index (χ3v) is 5.25. The first kappa shape index (κ1) is 19.5. The van der Waals surface area contributed by atoms with Gasteiger partial charge in [-0.05, 0) is 38.1 Å². The average molecular weight is 396 g/mol. The molecule has 8 nitrogen and oxygen atoms in total. The molecule has 0 saturated carbocycles. The Balaban J connectivity index is 1.46. The quantitative estimate of drug-likeness (QED) is 0.794. The van der Waals surface area contributed by atoms with Crippen molar-refractivity contribution in [1.29, 1.82) is 0 Å². The largest absolute Gasteiger partial charge is 0.347 e. The number of nitrogens with zero attached hydrogens (tertiary/aromatic N) is 3. The summed E-state index contributed by atoms with van der Waals surface area (Å²) in [4.78, 5) is 34.9. The topological polar surface area (TPSA) is 93.7 Å². The lowest BCUT2D eigenvalue weighted by Crippen LogP contribution is -2.47. The van der Waals surface area contributed by atoms with Gasteiger partial charge in [0, 0.05) is 43.2 Å². The number of piperidine rings is 1. The Hall–Kier alpha value is -2.84. The number of hydrogen-bond donors (Lipinski definition) is 1. The molecule has 1 spiro atoms. The third kappa shape index (κ3) is 4.28. The lowest BCUT2D eigenvalue weighted by molar-refractivity contribution is -0.181. The predicted molar refractivity (Wildman–Crippen MR) is 106 cm³/mol. The van der Waals surface area contributed by atoms with Gasteiger partial charge < -0.3 is 19.7 Å². The van der Waals surface area contributed by atoms with E-state index in [9.17, 15) is 9.59 Å². The number of ketones is 1. The van der Waals surface area contributed by atoms with Crippen LogP contribution >= 0.6 is 0 Å². The lowest BCUT2D eigenvalue weighted by Gasteiger charge is -2.37. The minimum Gasteiger partial charge on any atom is -0.347 e. The number of likely N-dealkylation sites (tertiary alicyclic amines) is 1. The first-order valence-electron chi connectivity index (χ1n) is 9.75. The average Bonchev–Trinajstić information content (AvgIpc) is 3.16. The number of carbonyl (C=O) groups excluding carboxylic acids is 2. The number of hydrogen-bond acceptors (Lipinski definition) is 7. The number of nitrogens with one attached hydrogen (secondary N) is 1. The van der Waals surface area contributed by atoms with Crippen LogP contribution in [0.2, 0.25) is 0 Å². The van der Waals surface area contributed by atoms with Gasteiger partial charge in [0.2, 0.25) is 0 Å². The molecule has 1 N–H and O–H groups in total. The van der Waals surface area contributed by atoms with Crippen molar-refractivity contribution in [2.24, 2.45) is 0 Å². The van der Waals surface area contributed by atoms with E-state index in [2.05, 4.69) is 15.3 Å². The first-order chi connectivity index (χ1) is 13.9. The van der Waals surface area contributed by atoms with Crippen LogP contribution in [0.25, 0.3) is 0 Å². The molecule has 2 aliphatic heterocycles. The van der Waals surface area contributed by atoms with E-state index >= 15 is 0 Å². The van der Waals surface area contributed by atoms with Crippen LogP contribution in [-0.4, -0.2) is 58.6 Å². The summed E-state index contributed by atoms with van der Waals surface area (Å²) in [6, 6.07) is 8.77. The van der Waals surface area contributed by atoms with Gasteiger partial charge in [0.1, 0.15) is 17.3 Å². The number of carbonyl (C=O) groups is 2. The van der Waals surface area contributed by atoms with Gasteiger partial charge in [-0.3, -0.25) is 9.59 Å². The van der Waals surface area contributed by atoms with Crippen LogP contribution in [0.3, 0.4) is 0 Å². The number of amides is 1. The van der Waals surface area contributed by atoms with Crippen LogP contribution in [-0.2, 0) is 9.47 Å². The second-order valence-electron chi connectivity index (χ2n) is 7.34. The van der Waals surface area contributed by atoms with Gasteiger partial charge >= 0.3 is 0 Å². The minimum atomic E-state index is -0.517. The lowest BCUT2D eigenvalue weighted by atomic mass is 10.0. The highest BCUT2D eigenvalue weighted by Gasteiger charge is 2.41. The monoisotopic (exact) mass is 396 g/mol. The van der Waals surface area contributed by atoms with Crippen molar-refractivity contribution in [1.82, 2.24) is 14.9 Å². The van der Waals surface area contributed by atoms with E-state index in [0.717, 1.165) is 5.69 Å². The fourth-order valence-electron chi connectivity index (χ4n) is 3.68. The van der Waals surface area contributed by atoms with Crippen molar-refractivity contribution in [2.45, 2.75) is 32.5 Å². The van der Waals surface area contributed by atoms with Crippen molar-refractivity contribution in [3.05, 3.63) is 47.4 Å². The third-order valence-electron chi connectivity index (χ3n) is 5.25. The molecule has 1 amide bonds. The van der Waals surface area contributed by atoms with Gasteiger partial charge in [-0.2, -0.15) is 0 Å². The summed E-state index contributed by atoms with van der Waals surface area (Å²) < 4.78 is 11.5. The summed E-state index contributed by atoms with van der Waals surface area (Å²) in [6.45, 7) is 5.64. The summed E-state index contributed by atoms with van der Waals surface area (Å²) >= 11 is 0. The van der Waals surface area contributed by atoms with E-state index in [0.29, 0.717) is 62.0 Å². The first-order valence-corrected chi connectivity index (χ1v) is 9.75. The maximum atomic E-state index is 13.0. The van der Waals surface area contributed by atoms with Crippen LogP contribution in [0, 0.1) is 6.92 Å². The van der Waals surface area contributed by atoms with Gasteiger partial charge in [0.25, 0.3) is 5.91 Å². The van der Waals surface area contributed by atoms with Gasteiger partial charge in [-0.15, -0.1) is 0 Å². The van der Waals surface area contributed by atoms with Crippen LogP contribution < -0.4 is 5.32 Å². The molecule has 0 aliphatic carbocycles. The molecule has 2 saturated heterocycles. The molecule has 0 radical (unpaired) electrons. The van der Waals surface area contributed by atoms with E-state index in [4.69, 9.17) is 9.47 Å². The number of rotatable bonds is 4. The van der Waals surface area contributed by atoms with Crippen molar-refractivity contribution >= 4 is 23.2 Å². The van der Waals surface area contributed by atoms with E-state index < -0.39 is 5.79 Å². The molecule has 0 atom stereocenters. The van der Waals surface area contributed by atoms with Crippen LogP contribution in [0.1, 0.15) is 46.4 Å². The van der Waals surface area contributed by atoms with Crippen molar-refractivity contribution in [3.8, 4) is 0 Å². The summed E-state index contributed by atoms with van der Waals surface area (Å²) in [5.74, 6) is 0.413. The Kier molecular flexibility index (Phi) is 5.29. The smallest absolute Gasteiger partial charge is 0.272 e. The molecule has 4 rings (SSSR count). The predicted octanol–water partition coefficient (Wildman–Crippen LogP) is 2.71. The van der Waals surface area contributed by atoms with Crippen molar-refractivity contribution < 1.29 is 19.1 Å². The summed E-state index contributed by atoms with van der Waals surface area (Å²) in [7, 11) is 0. The van der Waals surface area contributed by atoms with Crippen LogP contribution in [0.15, 0.2) is 30.3 Å². The zero-order chi connectivity index (χ0) is 20.4. The fourth-order valence-corrected chi connectivity index (χ4v) is 3.68. The Labute approximate surface area is 169 Å². The molecule has 2 aliphatic rings. The van der Waals surface area contributed by atoms with E-state index in [1.807, 2.05) is 0 Å². The van der Waals surface area contributed by atoms with E-state index in [1.54, 1.807) is 42.2 Å². The zero-order valence-electron chi connectivity index (χ0n) is 16.6. The molecule has 0 bridgehead atoms. The molecule has 29 heavy (non-hydrogen) atoms. The maximum Gasteiger partial charge on any atom is 0.272 e. The van der Waals surface area contributed by atoms with E-state index in [-0.39, 0.29) is 11.7 Å². The molecule has 3 heterocycles. The van der Waals surface area contributed by atoms with Crippen LogP contribution in [0.4, 0.5) is 11.5 Å². The van der Waals surface area contributed by atoms with Crippen molar-refractivity contribution in [3.63, 3.8) is 0 Å². The standard InChI is InChI=1S/C21H24N4O4/c1-14(26)16-3-5-17(6-4-16)24-19-13-18(22-15(2)23-19)20(27)25-9-7-21(8-10-25)28-11-12-29-21/h3-6,13H,7-12H2,1-2H3,(H,22,23,24). The molecule has 0 unspecified atom stereocenters. The Morgan fingerprint density at radius 3 is 2.34 bits per heavy atom. The molecule has 1 aromatic heterocycles. The highest BCUT2D eigenvalue weighted by atomic mass is 16.7. The number of Topliss-reactive ketones (excluding diaryl/α,β-unsaturated/α-hetero) is 1. The number of aromatic nitrogens is 2. The van der Waals surface area contributed by atoms with Gasteiger partial charge in [0.05, 0.1) is 13.2 Å². The number of benzene rings is 1. The highest BCUT2D eigenvalue weighted by Crippen LogP contribution is 2.31. The van der Waals surface area contributed by atoms with E-state index in [1.165, 1.54) is 6.92 Å². The molecule has 152 valence electrons. The molecular formula is C21H24N4O4. The Morgan fingerprint density at radius 1 is 1.07 bits per heavy atom. The molecule has 1 aromatic carbocycles. The van der Waals surface area contributed by atoms with Gasteiger partial charge in [-0.25, -0.2) is 9.97 Å². The van der Waals surface area contributed by atoms with Crippen LogP contribution in [0.5, 0.6) is 0 Å². The SMILES string of the molecule is CC(=O)c1ccc(Nc2cc(C(=O)N3CCC4(CC3)OCCO4)nc(C)n2)cc1. The van der Waals surface area contributed by atoms with Gasteiger partial charge in [0.15, 0.2) is 11.6 Å². The number of aryl methyl sites for hydroxylation is 1. The Bertz CT molecular complexity index is 913. The zero-order valence-corrected chi connectivity index (χ0v) is 16.6. The Morgan fingerprint density at radius 2 is 1.72 bits per heavy atom. The highest BCUT2D eigenvalue weighted by molar-refractivity contribution is 5.94. The molecule has 8 heteroatoms. The second kappa shape index (κ2) is 7.88. The van der Waals surface area contributed by atoms with Crippen molar-refractivity contribution in [2.75, 3.05) is 31.6 Å². The fraction of sp³-hybridized carbons (Fsp3) is 0.429. The van der Waals surface area contributed by atoms with Gasteiger partial charge in [-0.1, -0.05) is 0 Å². The minimum absolute atomic E-state index is 0.0130. The summed E-state index contributed by atoms with van der Waals surface area (Å²) in [6.07, 6.45) is 1.33. The number of anilines is 2. The summed E-state index contributed by atoms with van der Waals surface area (Å²) in [5, 5.41) is 3.18. The maximum absolute atomic E-state index is 13.0. The summed E-state index contributed by atoms with van der Waals surface area (Å²) in [5.41, 5.74) is 1.77. The molecule has 2 fully saturated rings. The molecular weight excluding hydrogens is 372 g/mol. The molecule has 2 aromatic rings. The second-order valence-corrected chi connectivity index (χ2v) is 7.34.